The van der Waals surface area contributed by atoms with Crippen molar-refractivity contribution in [1.82, 2.24) is 0 Å². The summed E-state index contributed by atoms with van der Waals surface area (Å²) in [5.41, 5.74) is 0.807. The molecule has 0 aliphatic rings. The van der Waals surface area contributed by atoms with E-state index in [1.807, 2.05) is 19.1 Å². The Morgan fingerprint density at radius 3 is 1.86 bits per heavy atom. The standard InChI is InChI=1S/C22H15F5O2/c1-2-3-12-4-6-13(7-5-12)14-8-16(23)20(17(24)9-14)22(28)29-15-10-18(25)21(27)19(26)11-15/h4-11H,2-3H2,1H3. The molecule has 0 amide bonds. The highest BCUT2D eigenvalue weighted by molar-refractivity contribution is 5.92. The minimum atomic E-state index is -1.75. The molecule has 150 valence electrons. The van der Waals surface area contributed by atoms with Gasteiger partial charge in [-0.15, -0.1) is 0 Å². The Bertz CT molecular complexity index is 1020. The van der Waals surface area contributed by atoms with Crippen LogP contribution in [-0.4, -0.2) is 5.97 Å². The van der Waals surface area contributed by atoms with Gasteiger partial charge in [0.05, 0.1) is 0 Å². The van der Waals surface area contributed by atoms with Crippen LogP contribution in [0.15, 0.2) is 48.5 Å². The minimum absolute atomic E-state index is 0.207. The number of ether oxygens (including phenoxy) is 1. The fourth-order valence-corrected chi connectivity index (χ4v) is 2.84. The van der Waals surface area contributed by atoms with Crippen LogP contribution in [0.2, 0.25) is 0 Å². The molecule has 2 nitrogen and oxygen atoms in total. The van der Waals surface area contributed by atoms with Crippen LogP contribution >= 0.6 is 0 Å². The zero-order valence-corrected chi connectivity index (χ0v) is 15.2. The maximum absolute atomic E-state index is 14.4. The van der Waals surface area contributed by atoms with Crippen molar-refractivity contribution in [2.24, 2.45) is 0 Å². The molecule has 0 radical (unpaired) electrons. The summed E-state index contributed by atoms with van der Waals surface area (Å²) in [4.78, 5) is 12.1. The Morgan fingerprint density at radius 1 is 0.793 bits per heavy atom. The molecule has 0 aromatic heterocycles. The first-order chi connectivity index (χ1) is 13.8. The van der Waals surface area contributed by atoms with Gasteiger partial charge in [0, 0.05) is 12.1 Å². The molecule has 7 heteroatoms. The number of aryl methyl sites for hydroxylation is 1. The summed E-state index contributed by atoms with van der Waals surface area (Å²) < 4.78 is 72.8. The largest absolute Gasteiger partial charge is 0.423 e. The molecular weight excluding hydrogens is 391 g/mol. The lowest BCUT2D eigenvalue weighted by molar-refractivity contribution is 0.0723. The van der Waals surface area contributed by atoms with Gasteiger partial charge in [0.25, 0.3) is 0 Å². The van der Waals surface area contributed by atoms with E-state index in [4.69, 9.17) is 0 Å². The third-order valence-electron chi connectivity index (χ3n) is 4.24. The second-order valence-electron chi connectivity index (χ2n) is 6.35. The Kier molecular flexibility index (Phi) is 5.96. The molecule has 0 fully saturated rings. The van der Waals surface area contributed by atoms with Crippen molar-refractivity contribution in [2.75, 3.05) is 0 Å². The summed E-state index contributed by atoms with van der Waals surface area (Å²) in [5, 5.41) is 0. The molecule has 0 aliphatic heterocycles. The van der Waals surface area contributed by atoms with Crippen LogP contribution in [0.5, 0.6) is 5.75 Å². The quantitative estimate of drug-likeness (QED) is 0.218. The van der Waals surface area contributed by atoms with Crippen LogP contribution in [0.25, 0.3) is 11.1 Å². The molecule has 0 spiro atoms. The predicted molar refractivity (Wildman–Crippen MR) is 97.1 cm³/mol. The summed E-state index contributed by atoms with van der Waals surface area (Å²) >= 11 is 0. The molecule has 3 aromatic carbocycles. The number of carbonyl (C=O) groups is 1. The van der Waals surface area contributed by atoms with Gasteiger partial charge in [-0.3, -0.25) is 0 Å². The van der Waals surface area contributed by atoms with E-state index in [0.29, 0.717) is 17.7 Å². The van der Waals surface area contributed by atoms with E-state index in [0.717, 1.165) is 30.5 Å². The van der Waals surface area contributed by atoms with Crippen molar-refractivity contribution in [3.05, 3.63) is 88.7 Å². The van der Waals surface area contributed by atoms with Crippen molar-refractivity contribution in [3.8, 4) is 16.9 Å². The van der Waals surface area contributed by atoms with E-state index in [-0.39, 0.29) is 5.56 Å². The van der Waals surface area contributed by atoms with E-state index in [2.05, 4.69) is 4.74 Å². The number of esters is 1. The fourth-order valence-electron chi connectivity index (χ4n) is 2.84. The first-order valence-electron chi connectivity index (χ1n) is 8.75. The smallest absolute Gasteiger partial charge is 0.349 e. The molecule has 3 rings (SSSR count). The lowest BCUT2D eigenvalue weighted by atomic mass is 10.0. The van der Waals surface area contributed by atoms with Gasteiger partial charge in [0.15, 0.2) is 17.5 Å². The van der Waals surface area contributed by atoms with Crippen LogP contribution in [-0.2, 0) is 6.42 Å². The molecule has 0 N–H and O–H groups in total. The molecule has 0 saturated carbocycles. The van der Waals surface area contributed by atoms with E-state index in [1.165, 1.54) is 0 Å². The first-order valence-corrected chi connectivity index (χ1v) is 8.75. The van der Waals surface area contributed by atoms with Crippen molar-refractivity contribution in [1.29, 1.82) is 0 Å². The molecule has 0 unspecified atom stereocenters. The molecule has 0 atom stereocenters. The maximum Gasteiger partial charge on any atom is 0.349 e. The van der Waals surface area contributed by atoms with E-state index >= 15 is 0 Å². The van der Waals surface area contributed by atoms with Gasteiger partial charge in [-0.2, -0.15) is 0 Å². The van der Waals surface area contributed by atoms with Crippen molar-refractivity contribution in [3.63, 3.8) is 0 Å². The summed E-state index contributed by atoms with van der Waals surface area (Å²) in [6.07, 6.45) is 1.83. The van der Waals surface area contributed by atoms with E-state index < -0.39 is 46.4 Å². The Morgan fingerprint density at radius 2 is 1.34 bits per heavy atom. The predicted octanol–water partition coefficient (Wildman–Crippen LogP) is 6.22. The summed E-state index contributed by atoms with van der Waals surface area (Å²) in [5.74, 6) is -9.59. The average molecular weight is 406 g/mol. The highest BCUT2D eigenvalue weighted by Crippen LogP contribution is 2.27. The number of carbonyl (C=O) groups excluding carboxylic acids is 1. The SMILES string of the molecule is CCCc1ccc(-c2cc(F)c(C(=O)Oc3cc(F)c(F)c(F)c3)c(F)c2)cc1. The van der Waals surface area contributed by atoms with Crippen molar-refractivity contribution in [2.45, 2.75) is 19.8 Å². The lowest BCUT2D eigenvalue weighted by Crippen LogP contribution is -2.14. The summed E-state index contributed by atoms with van der Waals surface area (Å²) in [6, 6.07) is 9.82. The molecule has 0 aliphatic carbocycles. The van der Waals surface area contributed by atoms with Crippen LogP contribution in [0.4, 0.5) is 22.0 Å². The minimum Gasteiger partial charge on any atom is -0.423 e. The zero-order valence-electron chi connectivity index (χ0n) is 15.2. The van der Waals surface area contributed by atoms with Crippen molar-refractivity contribution < 1.29 is 31.5 Å². The molecular formula is C22H15F5O2. The fraction of sp³-hybridized carbons (Fsp3) is 0.136. The molecule has 29 heavy (non-hydrogen) atoms. The number of halogens is 5. The van der Waals surface area contributed by atoms with Gasteiger partial charge in [-0.25, -0.2) is 26.7 Å². The van der Waals surface area contributed by atoms with Gasteiger partial charge in [-0.05, 0) is 35.2 Å². The number of rotatable bonds is 5. The van der Waals surface area contributed by atoms with Crippen LogP contribution in [0.3, 0.4) is 0 Å². The second kappa shape index (κ2) is 8.43. The summed E-state index contributed by atoms with van der Waals surface area (Å²) in [6.45, 7) is 2.03. The van der Waals surface area contributed by atoms with Gasteiger partial charge in [0.1, 0.15) is 22.9 Å². The Balaban J connectivity index is 1.88. The molecule has 0 saturated heterocycles. The van der Waals surface area contributed by atoms with Gasteiger partial charge in [-0.1, -0.05) is 37.6 Å². The van der Waals surface area contributed by atoms with E-state index in [9.17, 15) is 26.7 Å². The number of hydrogen-bond acceptors (Lipinski definition) is 2. The van der Waals surface area contributed by atoms with Gasteiger partial charge >= 0.3 is 5.97 Å². The summed E-state index contributed by atoms with van der Waals surface area (Å²) in [7, 11) is 0. The topological polar surface area (TPSA) is 26.3 Å². The Labute approximate surface area is 163 Å². The molecule has 0 heterocycles. The first kappa shape index (κ1) is 20.5. The Hall–Kier alpha value is -3.22. The monoisotopic (exact) mass is 406 g/mol. The molecule has 0 bridgehead atoms. The van der Waals surface area contributed by atoms with Crippen LogP contribution < -0.4 is 4.74 Å². The van der Waals surface area contributed by atoms with Crippen molar-refractivity contribution >= 4 is 5.97 Å². The number of benzene rings is 3. The zero-order chi connectivity index (χ0) is 21.1. The highest BCUT2D eigenvalue weighted by Gasteiger charge is 2.22. The highest BCUT2D eigenvalue weighted by atomic mass is 19.2. The average Bonchev–Trinajstić information content (AvgIpc) is 2.66. The van der Waals surface area contributed by atoms with Gasteiger partial charge < -0.3 is 4.74 Å². The lowest BCUT2D eigenvalue weighted by Gasteiger charge is -2.10. The third kappa shape index (κ3) is 4.45. The van der Waals surface area contributed by atoms with E-state index in [1.54, 1.807) is 12.1 Å². The third-order valence-corrected chi connectivity index (χ3v) is 4.24. The maximum atomic E-state index is 14.4. The second-order valence-corrected chi connectivity index (χ2v) is 6.35. The van der Waals surface area contributed by atoms with Gasteiger partial charge in [0.2, 0.25) is 0 Å². The van der Waals surface area contributed by atoms with Crippen LogP contribution in [0, 0.1) is 29.1 Å². The van der Waals surface area contributed by atoms with Crippen LogP contribution in [0.1, 0.15) is 29.3 Å². The number of hydrogen-bond donors (Lipinski definition) is 0. The molecule has 3 aromatic rings. The normalized spacial score (nSPS) is 10.8.